The molecule has 0 aliphatic heterocycles. The van der Waals surface area contributed by atoms with Crippen molar-refractivity contribution in [1.82, 2.24) is 0 Å². The Labute approximate surface area is 154 Å². The molecule has 0 radical (unpaired) electrons. The SMILES string of the molecule is CCCCCCC(Br)c1ccccc1C(Br)CCCCCC. The fourth-order valence-corrected chi connectivity index (χ4v) is 4.37. The predicted octanol–water partition coefficient (Wildman–Crippen LogP) is 8.50. The molecule has 1 rings (SSSR count). The van der Waals surface area contributed by atoms with E-state index in [9.17, 15) is 0 Å². The van der Waals surface area contributed by atoms with Crippen LogP contribution in [0.3, 0.4) is 0 Å². The zero-order valence-corrected chi connectivity index (χ0v) is 17.5. The van der Waals surface area contributed by atoms with Gasteiger partial charge < -0.3 is 0 Å². The Morgan fingerprint density at radius 1 is 0.682 bits per heavy atom. The number of rotatable bonds is 12. The van der Waals surface area contributed by atoms with Crippen LogP contribution < -0.4 is 0 Å². The van der Waals surface area contributed by atoms with Crippen LogP contribution in [0.5, 0.6) is 0 Å². The molecule has 126 valence electrons. The molecule has 0 heterocycles. The van der Waals surface area contributed by atoms with E-state index in [-0.39, 0.29) is 0 Å². The first kappa shape index (κ1) is 20.2. The van der Waals surface area contributed by atoms with Gasteiger partial charge in [-0.1, -0.05) is 121 Å². The quantitative estimate of drug-likeness (QED) is 0.229. The summed E-state index contributed by atoms with van der Waals surface area (Å²) in [6.45, 7) is 4.55. The van der Waals surface area contributed by atoms with E-state index in [0.717, 1.165) is 0 Å². The topological polar surface area (TPSA) is 0 Å². The van der Waals surface area contributed by atoms with E-state index in [1.165, 1.54) is 75.3 Å². The minimum Gasteiger partial charge on any atom is -0.0839 e. The maximum absolute atomic E-state index is 3.93. The van der Waals surface area contributed by atoms with E-state index in [4.69, 9.17) is 0 Å². The first-order valence-electron chi connectivity index (χ1n) is 9.07. The van der Waals surface area contributed by atoms with Gasteiger partial charge in [0.2, 0.25) is 0 Å². The van der Waals surface area contributed by atoms with Gasteiger partial charge in [-0.15, -0.1) is 0 Å². The number of hydrogen-bond donors (Lipinski definition) is 0. The molecule has 0 amide bonds. The fourth-order valence-electron chi connectivity index (χ4n) is 2.89. The Morgan fingerprint density at radius 2 is 1.09 bits per heavy atom. The first-order chi connectivity index (χ1) is 10.7. The summed E-state index contributed by atoms with van der Waals surface area (Å²) in [5.74, 6) is 0. The Bertz CT molecular complexity index is 352. The van der Waals surface area contributed by atoms with Crippen LogP contribution in [0.4, 0.5) is 0 Å². The number of hydrogen-bond acceptors (Lipinski definition) is 0. The van der Waals surface area contributed by atoms with Crippen LogP contribution >= 0.6 is 31.9 Å². The van der Waals surface area contributed by atoms with E-state index >= 15 is 0 Å². The summed E-state index contributed by atoms with van der Waals surface area (Å²) in [5, 5.41) is 0. The lowest BCUT2D eigenvalue weighted by atomic mass is 9.96. The lowest BCUT2D eigenvalue weighted by molar-refractivity contribution is 0.618. The second kappa shape index (κ2) is 12.6. The third kappa shape index (κ3) is 7.64. The normalized spacial score (nSPS) is 14.0. The molecule has 0 aromatic heterocycles. The van der Waals surface area contributed by atoms with Crippen molar-refractivity contribution in [3.05, 3.63) is 35.4 Å². The van der Waals surface area contributed by atoms with Crippen LogP contribution in [0.25, 0.3) is 0 Å². The second-order valence-corrected chi connectivity index (χ2v) is 8.47. The van der Waals surface area contributed by atoms with Gasteiger partial charge >= 0.3 is 0 Å². The lowest BCUT2D eigenvalue weighted by Crippen LogP contribution is -2.00. The monoisotopic (exact) mass is 430 g/mol. The Hall–Kier alpha value is 0.180. The molecule has 0 N–H and O–H groups in total. The van der Waals surface area contributed by atoms with Crippen LogP contribution in [-0.4, -0.2) is 0 Å². The van der Waals surface area contributed by atoms with Crippen molar-refractivity contribution in [3.8, 4) is 0 Å². The van der Waals surface area contributed by atoms with Crippen molar-refractivity contribution < 1.29 is 0 Å². The number of unbranched alkanes of at least 4 members (excludes halogenated alkanes) is 6. The maximum Gasteiger partial charge on any atom is 0.0398 e. The average molecular weight is 432 g/mol. The number of alkyl halides is 2. The number of benzene rings is 1. The zero-order chi connectivity index (χ0) is 16.2. The first-order valence-corrected chi connectivity index (χ1v) is 10.9. The maximum atomic E-state index is 3.93. The third-order valence-electron chi connectivity index (χ3n) is 4.29. The second-order valence-electron chi connectivity index (χ2n) is 6.26. The highest BCUT2D eigenvalue weighted by Gasteiger charge is 2.16. The third-order valence-corrected chi connectivity index (χ3v) is 6.20. The van der Waals surface area contributed by atoms with Gasteiger partial charge in [-0.3, -0.25) is 0 Å². The van der Waals surface area contributed by atoms with Gasteiger partial charge in [0.05, 0.1) is 0 Å². The molecule has 0 bridgehead atoms. The summed E-state index contributed by atoms with van der Waals surface area (Å²) in [6, 6.07) is 8.95. The van der Waals surface area contributed by atoms with Crippen LogP contribution in [0.2, 0.25) is 0 Å². The van der Waals surface area contributed by atoms with E-state index in [0.29, 0.717) is 9.65 Å². The molecule has 2 heteroatoms. The van der Waals surface area contributed by atoms with Crippen molar-refractivity contribution >= 4 is 31.9 Å². The van der Waals surface area contributed by atoms with Crippen molar-refractivity contribution in [2.75, 3.05) is 0 Å². The van der Waals surface area contributed by atoms with Gasteiger partial charge in [-0.2, -0.15) is 0 Å². The highest BCUT2D eigenvalue weighted by Crippen LogP contribution is 2.38. The van der Waals surface area contributed by atoms with Gasteiger partial charge in [0.1, 0.15) is 0 Å². The molecule has 2 unspecified atom stereocenters. The van der Waals surface area contributed by atoms with Crippen molar-refractivity contribution in [2.45, 2.75) is 87.7 Å². The molecule has 1 aromatic rings. The van der Waals surface area contributed by atoms with Crippen molar-refractivity contribution in [1.29, 1.82) is 0 Å². The molecule has 0 spiro atoms. The Morgan fingerprint density at radius 3 is 1.45 bits per heavy atom. The van der Waals surface area contributed by atoms with E-state index < -0.39 is 0 Å². The van der Waals surface area contributed by atoms with Gasteiger partial charge in [0.25, 0.3) is 0 Å². The minimum atomic E-state index is 0.497. The zero-order valence-electron chi connectivity index (χ0n) is 14.3. The van der Waals surface area contributed by atoms with Crippen LogP contribution in [0, 0.1) is 0 Å². The fraction of sp³-hybridized carbons (Fsp3) is 0.700. The Balaban J connectivity index is 2.56. The summed E-state index contributed by atoms with van der Waals surface area (Å²) in [7, 11) is 0. The molecule has 1 aromatic carbocycles. The molecule has 22 heavy (non-hydrogen) atoms. The summed E-state index contributed by atoms with van der Waals surface area (Å²) in [5.41, 5.74) is 2.97. The minimum absolute atomic E-state index is 0.497. The lowest BCUT2D eigenvalue weighted by Gasteiger charge is -2.19. The smallest absolute Gasteiger partial charge is 0.0398 e. The molecule has 0 saturated heterocycles. The summed E-state index contributed by atoms with van der Waals surface area (Å²) in [6.07, 6.45) is 13.2. The van der Waals surface area contributed by atoms with Crippen LogP contribution in [0.15, 0.2) is 24.3 Å². The molecule has 0 nitrogen and oxygen atoms in total. The van der Waals surface area contributed by atoms with Gasteiger partial charge in [0, 0.05) is 9.65 Å². The van der Waals surface area contributed by atoms with Gasteiger partial charge in [0.15, 0.2) is 0 Å². The molecule has 0 saturated carbocycles. The van der Waals surface area contributed by atoms with Gasteiger partial charge in [-0.05, 0) is 24.0 Å². The van der Waals surface area contributed by atoms with E-state index in [2.05, 4.69) is 70.0 Å². The van der Waals surface area contributed by atoms with E-state index in [1.54, 1.807) is 0 Å². The molecule has 2 atom stereocenters. The number of halogens is 2. The largest absolute Gasteiger partial charge is 0.0839 e. The molecular weight excluding hydrogens is 400 g/mol. The van der Waals surface area contributed by atoms with Crippen LogP contribution in [-0.2, 0) is 0 Å². The standard InChI is InChI=1S/C20H32Br2/c1-3-5-7-9-15-19(21)17-13-11-12-14-18(17)20(22)16-10-8-6-4-2/h11-14,19-20H,3-10,15-16H2,1-2H3. The molecular formula is C20H32Br2. The predicted molar refractivity (Wildman–Crippen MR) is 107 cm³/mol. The highest BCUT2D eigenvalue weighted by molar-refractivity contribution is 9.09. The van der Waals surface area contributed by atoms with Crippen molar-refractivity contribution in [2.24, 2.45) is 0 Å². The summed E-state index contributed by atoms with van der Waals surface area (Å²) < 4.78 is 0. The Kier molecular flexibility index (Phi) is 11.6. The average Bonchev–Trinajstić information content (AvgIpc) is 2.55. The van der Waals surface area contributed by atoms with Crippen LogP contribution in [0.1, 0.15) is 98.8 Å². The van der Waals surface area contributed by atoms with E-state index in [1.807, 2.05) is 0 Å². The highest BCUT2D eigenvalue weighted by atomic mass is 79.9. The van der Waals surface area contributed by atoms with Gasteiger partial charge in [-0.25, -0.2) is 0 Å². The molecule has 0 aliphatic carbocycles. The van der Waals surface area contributed by atoms with Crippen molar-refractivity contribution in [3.63, 3.8) is 0 Å². The molecule has 0 aliphatic rings. The summed E-state index contributed by atoms with van der Waals surface area (Å²) >= 11 is 7.86. The molecule has 0 fully saturated rings. The summed E-state index contributed by atoms with van der Waals surface area (Å²) in [4.78, 5) is 0.993.